The average molecular weight is 195 g/mol. The van der Waals surface area contributed by atoms with Crippen molar-refractivity contribution in [3.63, 3.8) is 0 Å². The molecule has 1 saturated heterocycles. The Labute approximate surface area is 83.9 Å². The molecule has 2 heterocycles. The zero-order valence-corrected chi connectivity index (χ0v) is 8.75. The summed E-state index contributed by atoms with van der Waals surface area (Å²) in [6.07, 6.45) is 2.32. The number of aromatic nitrogens is 3. The highest BCUT2D eigenvalue weighted by atomic mass is 15.3. The maximum absolute atomic E-state index is 4.23. The van der Waals surface area contributed by atoms with Crippen molar-refractivity contribution < 1.29 is 0 Å². The minimum atomic E-state index is 0.566. The molecule has 1 fully saturated rings. The highest BCUT2D eigenvalue weighted by Gasteiger charge is 2.20. The summed E-state index contributed by atoms with van der Waals surface area (Å²) in [6, 6.07) is 0. The molecular weight excluding hydrogens is 178 g/mol. The first kappa shape index (κ1) is 9.45. The van der Waals surface area contributed by atoms with Crippen LogP contribution in [0.3, 0.4) is 0 Å². The van der Waals surface area contributed by atoms with Crippen LogP contribution in [0.15, 0.2) is 0 Å². The molecule has 0 aliphatic carbocycles. The van der Waals surface area contributed by atoms with Crippen LogP contribution in [0.5, 0.6) is 0 Å². The second kappa shape index (κ2) is 3.96. The maximum Gasteiger partial charge on any atom is 0.224 e. The second-order valence-electron chi connectivity index (χ2n) is 3.72. The van der Waals surface area contributed by atoms with Crippen LogP contribution in [0, 0.1) is 0 Å². The Morgan fingerprint density at radius 2 is 2.07 bits per heavy atom. The Balaban J connectivity index is 2.18. The van der Waals surface area contributed by atoms with Gasteiger partial charge in [0.2, 0.25) is 5.95 Å². The molecule has 2 rings (SSSR count). The van der Waals surface area contributed by atoms with Crippen LogP contribution in [-0.2, 0) is 7.05 Å². The van der Waals surface area contributed by atoms with Crippen molar-refractivity contribution in [3.8, 4) is 0 Å². The Bertz CT molecular complexity index is 300. The van der Waals surface area contributed by atoms with E-state index < -0.39 is 0 Å². The molecule has 1 aromatic rings. The predicted octanol–water partition coefficient (Wildman–Crippen LogP) is 0.324. The standard InChI is InChI=1S/C9H17N5/c1-10-9-13-12-8(14(9)2)7-3-5-11-6-4-7/h7,11H,3-6H2,1-2H3,(H,10,13). The van der Waals surface area contributed by atoms with Crippen LogP contribution >= 0.6 is 0 Å². The molecule has 5 heteroatoms. The summed E-state index contributed by atoms with van der Waals surface area (Å²) in [4.78, 5) is 0. The number of hydrogen-bond acceptors (Lipinski definition) is 4. The predicted molar refractivity (Wildman–Crippen MR) is 55.4 cm³/mol. The molecule has 0 saturated carbocycles. The first-order chi connectivity index (χ1) is 6.83. The molecule has 0 radical (unpaired) electrons. The van der Waals surface area contributed by atoms with Crippen molar-refractivity contribution >= 4 is 5.95 Å². The molecule has 78 valence electrons. The Kier molecular flexibility index (Phi) is 2.67. The van der Waals surface area contributed by atoms with Gasteiger partial charge in [0, 0.05) is 20.0 Å². The third-order valence-corrected chi connectivity index (χ3v) is 2.84. The summed E-state index contributed by atoms with van der Waals surface area (Å²) in [6.45, 7) is 2.18. The van der Waals surface area contributed by atoms with E-state index >= 15 is 0 Å². The summed E-state index contributed by atoms with van der Waals surface area (Å²) < 4.78 is 2.05. The average Bonchev–Trinajstić information content (AvgIpc) is 2.61. The van der Waals surface area contributed by atoms with E-state index in [0.717, 1.165) is 37.7 Å². The van der Waals surface area contributed by atoms with E-state index in [1.54, 1.807) is 0 Å². The molecule has 5 nitrogen and oxygen atoms in total. The zero-order chi connectivity index (χ0) is 9.97. The molecule has 1 aliphatic rings. The van der Waals surface area contributed by atoms with Gasteiger partial charge < -0.3 is 15.2 Å². The van der Waals surface area contributed by atoms with Crippen molar-refractivity contribution in [2.45, 2.75) is 18.8 Å². The van der Waals surface area contributed by atoms with Crippen molar-refractivity contribution in [2.75, 3.05) is 25.5 Å². The van der Waals surface area contributed by atoms with E-state index in [1.807, 2.05) is 14.1 Å². The lowest BCUT2D eigenvalue weighted by molar-refractivity contribution is 0.436. The zero-order valence-electron chi connectivity index (χ0n) is 8.75. The minimum Gasteiger partial charge on any atom is -0.357 e. The topological polar surface area (TPSA) is 54.8 Å². The molecule has 0 atom stereocenters. The van der Waals surface area contributed by atoms with Gasteiger partial charge in [-0.1, -0.05) is 0 Å². The summed E-state index contributed by atoms with van der Waals surface area (Å²) in [5.74, 6) is 2.52. The molecule has 1 aromatic heterocycles. The monoisotopic (exact) mass is 195 g/mol. The first-order valence-corrected chi connectivity index (χ1v) is 5.10. The van der Waals surface area contributed by atoms with Crippen molar-refractivity contribution in [3.05, 3.63) is 5.82 Å². The highest BCUT2D eigenvalue weighted by molar-refractivity contribution is 5.25. The van der Waals surface area contributed by atoms with E-state index in [4.69, 9.17) is 0 Å². The molecule has 0 amide bonds. The number of nitrogens with zero attached hydrogens (tertiary/aromatic N) is 3. The number of anilines is 1. The SMILES string of the molecule is CNc1nnc(C2CCNCC2)n1C. The molecule has 0 unspecified atom stereocenters. The van der Waals surface area contributed by atoms with Gasteiger partial charge in [0.15, 0.2) is 0 Å². The number of piperidine rings is 1. The summed E-state index contributed by atoms with van der Waals surface area (Å²) in [5, 5.41) is 14.7. The quantitative estimate of drug-likeness (QED) is 0.714. The summed E-state index contributed by atoms with van der Waals surface area (Å²) in [7, 11) is 3.89. The van der Waals surface area contributed by atoms with Gasteiger partial charge in [-0.3, -0.25) is 0 Å². The number of rotatable bonds is 2. The van der Waals surface area contributed by atoms with Crippen molar-refractivity contribution in [1.82, 2.24) is 20.1 Å². The maximum atomic E-state index is 4.23. The van der Waals surface area contributed by atoms with Crippen LogP contribution in [0.4, 0.5) is 5.95 Å². The molecule has 0 aromatic carbocycles. The van der Waals surface area contributed by atoms with Gasteiger partial charge >= 0.3 is 0 Å². The fraction of sp³-hybridized carbons (Fsp3) is 0.778. The molecular formula is C9H17N5. The number of hydrogen-bond donors (Lipinski definition) is 2. The van der Waals surface area contributed by atoms with E-state index in [-0.39, 0.29) is 0 Å². The number of nitrogens with one attached hydrogen (secondary N) is 2. The van der Waals surface area contributed by atoms with Crippen molar-refractivity contribution in [2.24, 2.45) is 7.05 Å². The molecule has 0 bridgehead atoms. The minimum absolute atomic E-state index is 0.566. The third kappa shape index (κ3) is 1.59. The third-order valence-electron chi connectivity index (χ3n) is 2.84. The van der Waals surface area contributed by atoms with E-state index in [2.05, 4.69) is 25.4 Å². The van der Waals surface area contributed by atoms with Gasteiger partial charge in [-0.15, -0.1) is 10.2 Å². The Morgan fingerprint density at radius 3 is 2.64 bits per heavy atom. The van der Waals surface area contributed by atoms with Gasteiger partial charge in [0.05, 0.1) is 0 Å². The molecule has 14 heavy (non-hydrogen) atoms. The van der Waals surface area contributed by atoms with E-state index in [0.29, 0.717) is 5.92 Å². The van der Waals surface area contributed by atoms with Crippen LogP contribution in [0.1, 0.15) is 24.6 Å². The molecule has 0 spiro atoms. The Morgan fingerprint density at radius 1 is 1.36 bits per heavy atom. The second-order valence-corrected chi connectivity index (χ2v) is 3.72. The van der Waals surface area contributed by atoms with Crippen molar-refractivity contribution in [1.29, 1.82) is 0 Å². The lowest BCUT2D eigenvalue weighted by atomic mass is 9.97. The van der Waals surface area contributed by atoms with Gasteiger partial charge in [0.25, 0.3) is 0 Å². The molecule has 2 N–H and O–H groups in total. The van der Waals surface area contributed by atoms with E-state index in [1.165, 1.54) is 0 Å². The fourth-order valence-electron chi connectivity index (χ4n) is 1.99. The largest absolute Gasteiger partial charge is 0.357 e. The van der Waals surface area contributed by atoms with Crippen LogP contribution in [-0.4, -0.2) is 34.9 Å². The fourth-order valence-corrected chi connectivity index (χ4v) is 1.99. The lowest BCUT2D eigenvalue weighted by Crippen LogP contribution is -2.27. The first-order valence-electron chi connectivity index (χ1n) is 5.10. The highest BCUT2D eigenvalue weighted by Crippen LogP contribution is 2.24. The lowest BCUT2D eigenvalue weighted by Gasteiger charge is -2.21. The smallest absolute Gasteiger partial charge is 0.224 e. The van der Waals surface area contributed by atoms with Crippen LogP contribution in [0.2, 0.25) is 0 Å². The normalized spacial score (nSPS) is 18.4. The van der Waals surface area contributed by atoms with E-state index in [9.17, 15) is 0 Å². The van der Waals surface area contributed by atoms with Gasteiger partial charge in [-0.25, -0.2) is 0 Å². The molecule has 1 aliphatic heterocycles. The van der Waals surface area contributed by atoms with Gasteiger partial charge in [-0.05, 0) is 25.9 Å². The Hall–Kier alpha value is -1.10. The van der Waals surface area contributed by atoms with Crippen LogP contribution in [0.25, 0.3) is 0 Å². The summed E-state index contributed by atoms with van der Waals surface area (Å²) in [5.41, 5.74) is 0. The van der Waals surface area contributed by atoms with Gasteiger partial charge in [0.1, 0.15) is 5.82 Å². The summed E-state index contributed by atoms with van der Waals surface area (Å²) >= 11 is 0. The van der Waals surface area contributed by atoms with Gasteiger partial charge in [-0.2, -0.15) is 0 Å². The van der Waals surface area contributed by atoms with Crippen LogP contribution < -0.4 is 10.6 Å².